The number of imide groups is 1. The van der Waals surface area contributed by atoms with Crippen molar-refractivity contribution in [3.8, 4) is 0 Å². The first-order chi connectivity index (χ1) is 10.3. The molecule has 1 fully saturated rings. The van der Waals surface area contributed by atoms with Crippen LogP contribution >= 0.6 is 0 Å². The number of halogens is 3. The van der Waals surface area contributed by atoms with Gasteiger partial charge in [0.2, 0.25) is 11.8 Å². The molecular weight excluding hydrogens is 297 g/mol. The van der Waals surface area contributed by atoms with Gasteiger partial charge in [0.25, 0.3) is 0 Å². The molecule has 0 spiro atoms. The van der Waals surface area contributed by atoms with Crippen LogP contribution in [0.25, 0.3) is 10.9 Å². The van der Waals surface area contributed by atoms with Crippen molar-refractivity contribution in [1.82, 2.24) is 4.98 Å². The third-order valence-electron chi connectivity index (χ3n) is 3.91. The van der Waals surface area contributed by atoms with E-state index in [-0.39, 0.29) is 5.69 Å². The Morgan fingerprint density at radius 1 is 1.18 bits per heavy atom. The molecule has 1 unspecified atom stereocenters. The molecule has 7 heteroatoms. The number of carbonyl (C=O) groups is 2. The number of hydrogen-bond acceptors (Lipinski definition) is 3. The second kappa shape index (κ2) is 4.53. The molecule has 3 rings (SSSR count). The van der Waals surface area contributed by atoms with Crippen molar-refractivity contribution < 1.29 is 22.8 Å². The number of pyridine rings is 1. The van der Waals surface area contributed by atoms with E-state index in [0.717, 1.165) is 6.92 Å². The van der Waals surface area contributed by atoms with Crippen molar-refractivity contribution in [3.05, 3.63) is 36.5 Å². The Kier molecular flexibility index (Phi) is 2.98. The van der Waals surface area contributed by atoms with Crippen LogP contribution in [-0.2, 0) is 9.59 Å². The molecule has 0 N–H and O–H groups in total. The lowest BCUT2D eigenvalue weighted by molar-refractivity contribution is -0.211. The molecule has 4 nitrogen and oxygen atoms in total. The molecule has 0 saturated carbocycles. The standard InChI is InChI=1S/C15H11F3N2O2/c1-14(15(16,17)18)8-11(21)20(13(14)22)10-6-2-4-9-5-3-7-19-12(9)10/h2-7H,8H2,1H3. The normalized spacial score (nSPS) is 22.6. The van der Waals surface area contributed by atoms with E-state index >= 15 is 0 Å². The number of anilines is 1. The van der Waals surface area contributed by atoms with Gasteiger partial charge >= 0.3 is 6.18 Å². The highest BCUT2D eigenvalue weighted by molar-refractivity contribution is 6.25. The Hall–Kier alpha value is -2.44. The van der Waals surface area contributed by atoms with Gasteiger partial charge < -0.3 is 0 Å². The molecule has 1 saturated heterocycles. The van der Waals surface area contributed by atoms with Crippen LogP contribution < -0.4 is 4.90 Å². The summed E-state index contributed by atoms with van der Waals surface area (Å²) in [6.45, 7) is 0.756. The molecule has 0 bridgehead atoms. The predicted molar refractivity (Wildman–Crippen MR) is 73.0 cm³/mol. The number of para-hydroxylation sites is 1. The Morgan fingerprint density at radius 3 is 2.50 bits per heavy atom. The average Bonchev–Trinajstić information content (AvgIpc) is 2.69. The molecular formula is C15H11F3N2O2. The topological polar surface area (TPSA) is 50.3 Å². The molecule has 1 aliphatic heterocycles. The Bertz CT molecular complexity index is 782. The van der Waals surface area contributed by atoms with Crippen LogP contribution in [0.15, 0.2) is 36.5 Å². The van der Waals surface area contributed by atoms with E-state index in [9.17, 15) is 22.8 Å². The van der Waals surface area contributed by atoms with Gasteiger partial charge in [-0.1, -0.05) is 18.2 Å². The first kappa shape index (κ1) is 14.5. The van der Waals surface area contributed by atoms with Crippen molar-refractivity contribution in [2.75, 3.05) is 4.90 Å². The summed E-state index contributed by atoms with van der Waals surface area (Å²) in [7, 11) is 0. The van der Waals surface area contributed by atoms with Crippen molar-refractivity contribution in [1.29, 1.82) is 0 Å². The zero-order valence-corrected chi connectivity index (χ0v) is 11.5. The summed E-state index contributed by atoms with van der Waals surface area (Å²) in [6.07, 6.45) is -4.22. The zero-order valence-electron chi connectivity index (χ0n) is 11.5. The van der Waals surface area contributed by atoms with Gasteiger partial charge in [-0.15, -0.1) is 0 Å². The zero-order chi connectivity index (χ0) is 16.1. The van der Waals surface area contributed by atoms with Crippen molar-refractivity contribution in [3.63, 3.8) is 0 Å². The van der Waals surface area contributed by atoms with Gasteiger partial charge in [0, 0.05) is 11.6 Å². The van der Waals surface area contributed by atoms with Gasteiger partial charge in [0.1, 0.15) is 0 Å². The molecule has 1 aromatic carbocycles. The van der Waals surface area contributed by atoms with E-state index in [2.05, 4.69) is 4.98 Å². The van der Waals surface area contributed by atoms with Crippen molar-refractivity contribution >= 4 is 28.4 Å². The summed E-state index contributed by atoms with van der Waals surface area (Å²) >= 11 is 0. The van der Waals surface area contributed by atoms with Crippen LogP contribution in [0.5, 0.6) is 0 Å². The number of carbonyl (C=O) groups excluding carboxylic acids is 2. The second-order valence-electron chi connectivity index (χ2n) is 5.39. The smallest absolute Gasteiger partial charge is 0.274 e. The van der Waals surface area contributed by atoms with Crippen LogP contribution in [0.4, 0.5) is 18.9 Å². The lowest BCUT2D eigenvalue weighted by Crippen LogP contribution is -2.43. The first-order valence-corrected chi connectivity index (χ1v) is 6.53. The monoisotopic (exact) mass is 308 g/mol. The highest BCUT2D eigenvalue weighted by Crippen LogP contribution is 2.48. The molecule has 0 aliphatic carbocycles. The first-order valence-electron chi connectivity index (χ1n) is 6.53. The van der Waals surface area contributed by atoms with Crippen LogP contribution in [0.1, 0.15) is 13.3 Å². The molecule has 0 radical (unpaired) electrons. The van der Waals surface area contributed by atoms with Crippen molar-refractivity contribution in [2.24, 2.45) is 5.41 Å². The maximum atomic E-state index is 13.2. The number of benzene rings is 1. The Morgan fingerprint density at radius 2 is 1.86 bits per heavy atom. The molecule has 1 aliphatic rings. The summed E-state index contributed by atoms with van der Waals surface area (Å²) in [5.41, 5.74) is -2.29. The molecule has 1 aromatic heterocycles. The SMILES string of the molecule is CC1(C(F)(F)F)CC(=O)N(c2cccc3cccnc23)C1=O. The fourth-order valence-electron chi connectivity index (χ4n) is 2.55. The van der Waals surface area contributed by atoms with E-state index in [1.807, 2.05) is 0 Å². The summed E-state index contributed by atoms with van der Waals surface area (Å²) in [6, 6.07) is 8.08. The number of alkyl halides is 3. The average molecular weight is 308 g/mol. The van der Waals surface area contributed by atoms with Gasteiger partial charge in [-0.25, -0.2) is 4.90 Å². The third-order valence-corrected chi connectivity index (χ3v) is 3.91. The maximum Gasteiger partial charge on any atom is 0.403 e. The number of nitrogens with zero attached hydrogens (tertiary/aromatic N) is 2. The van der Waals surface area contributed by atoms with E-state index in [1.54, 1.807) is 24.3 Å². The lowest BCUT2D eigenvalue weighted by atomic mass is 9.88. The predicted octanol–water partition coefficient (Wildman–Crippen LogP) is 3.07. The summed E-state index contributed by atoms with van der Waals surface area (Å²) in [5, 5.41) is 0.640. The number of fused-ring (bicyclic) bond motifs is 1. The van der Waals surface area contributed by atoms with Gasteiger partial charge in [-0.2, -0.15) is 13.2 Å². The minimum atomic E-state index is -4.79. The van der Waals surface area contributed by atoms with E-state index < -0.39 is 29.8 Å². The second-order valence-corrected chi connectivity index (χ2v) is 5.39. The summed E-state index contributed by atoms with van der Waals surface area (Å²) in [5.74, 6) is -2.13. The minimum Gasteiger partial charge on any atom is -0.274 e. The van der Waals surface area contributed by atoms with Gasteiger partial charge in [-0.05, 0) is 19.1 Å². The highest BCUT2D eigenvalue weighted by atomic mass is 19.4. The number of aromatic nitrogens is 1. The molecule has 2 amide bonds. The fraction of sp³-hybridized carbons (Fsp3) is 0.267. The van der Waals surface area contributed by atoms with Crippen LogP contribution in [0, 0.1) is 5.41 Å². The van der Waals surface area contributed by atoms with Crippen LogP contribution in [-0.4, -0.2) is 23.0 Å². The van der Waals surface area contributed by atoms with Crippen molar-refractivity contribution in [2.45, 2.75) is 19.5 Å². The third kappa shape index (κ3) is 1.88. The van der Waals surface area contributed by atoms with Gasteiger partial charge in [-0.3, -0.25) is 14.6 Å². The number of rotatable bonds is 1. The Balaban J connectivity index is 2.16. The molecule has 1 atom stereocenters. The van der Waals surface area contributed by atoms with Gasteiger partial charge in [0.15, 0.2) is 5.41 Å². The lowest BCUT2D eigenvalue weighted by Gasteiger charge is -2.25. The molecule has 22 heavy (non-hydrogen) atoms. The maximum absolute atomic E-state index is 13.2. The van der Waals surface area contributed by atoms with E-state index in [1.165, 1.54) is 12.3 Å². The number of amides is 2. The Labute approximate surface area is 123 Å². The summed E-state index contributed by atoms with van der Waals surface area (Å²) < 4.78 is 39.5. The molecule has 2 aromatic rings. The highest BCUT2D eigenvalue weighted by Gasteiger charge is 2.64. The van der Waals surface area contributed by atoms with Gasteiger partial charge in [0.05, 0.1) is 17.6 Å². The quantitative estimate of drug-likeness (QED) is 0.761. The summed E-state index contributed by atoms with van der Waals surface area (Å²) in [4.78, 5) is 29.0. The largest absolute Gasteiger partial charge is 0.403 e. The molecule has 114 valence electrons. The molecule has 2 heterocycles. The number of hydrogen-bond donors (Lipinski definition) is 0. The minimum absolute atomic E-state index is 0.0843. The van der Waals surface area contributed by atoms with E-state index in [0.29, 0.717) is 15.8 Å². The van der Waals surface area contributed by atoms with Crippen LogP contribution in [0.2, 0.25) is 0 Å². The fourth-order valence-corrected chi connectivity index (χ4v) is 2.55. The van der Waals surface area contributed by atoms with Crippen LogP contribution in [0.3, 0.4) is 0 Å². The van der Waals surface area contributed by atoms with E-state index in [4.69, 9.17) is 0 Å².